The van der Waals surface area contributed by atoms with Crippen molar-refractivity contribution in [1.29, 1.82) is 0 Å². The van der Waals surface area contributed by atoms with Crippen molar-refractivity contribution in [2.75, 3.05) is 13.2 Å². The second-order valence-corrected chi connectivity index (χ2v) is 4.77. The van der Waals surface area contributed by atoms with Crippen LogP contribution >= 0.6 is 11.3 Å². The molecule has 0 unspecified atom stereocenters. The molecule has 7 heteroatoms. The van der Waals surface area contributed by atoms with Crippen LogP contribution in [0.25, 0.3) is 0 Å². The second kappa shape index (κ2) is 6.84. The molecular formula is C13H13N3O3S. The first kappa shape index (κ1) is 14.2. The Labute approximate surface area is 119 Å². The zero-order valence-corrected chi connectivity index (χ0v) is 11.7. The van der Waals surface area contributed by atoms with E-state index in [0.717, 1.165) is 0 Å². The number of amides is 1. The molecule has 20 heavy (non-hydrogen) atoms. The number of nitrogens with zero attached hydrogens (tertiary/aromatic N) is 2. The third-order valence-corrected chi connectivity index (χ3v) is 3.29. The number of aryl methyl sites for hydroxylation is 1. The Morgan fingerprint density at radius 3 is 3.15 bits per heavy atom. The van der Waals surface area contributed by atoms with E-state index in [-0.39, 0.29) is 12.5 Å². The maximum Gasteiger partial charge on any atom is 0.262 e. The molecule has 0 aliphatic carbocycles. The lowest BCUT2D eigenvalue weighted by Crippen LogP contribution is -2.25. The zero-order chi connectivity index (χ0) is 14.4. The van der Waals surface area contributed by atoms with Crippen molar-refractivity contribution < 1.29 is 14.4 Å². The van der Waals surface area contributed by atoms with Gasteiger partial charge in [0, 0.05) is 25.5 Å². The molecule has 0 saturated carbocycles. The summed E-state index contributed by atoms with van der Waals surface area (Å²) in [6, 6.07) is 1.75. The van der Waals surface area contributed by atoms with Crippen LogP contribution in [0.5, 0.6) is 0 Å². The maximum absolute atomic E-state index is 12.0. The average molecular weight is 291 g/mol. The number of carbonyl (C=O) groups excluding carboxylic acids is 1. The number of aromatic nitrogens is 2. The second-order valence-electron chi connectivity index (χ2n) is 3.86. The fourth-order valence-electron chi connectivity index (χ4n) is 1.53. The van der Waals surface area contributed by atoms with Gasteiger partial charge in [-0.25, -0.2) is 0 Å². The van der Waals surface area contributed by atoms with Crippen molar-refractivity contribution >= 4 is 17.2 Å². The van der Waals surface area contributed by atoms with Gasteiger partial charge in [-0.15, -0.1) is 11.3 Å². The van der Waals surface area contributed by atoms with Gasteiger partial charge in [-0.3, -0.25) is 4.79 Å². The Morgan fingerprint density at radius 2 is 2.45 bits per heavy atom. The summed E-state index contributed by atoms with van der Waals surface area (Å²) in [5.41, 5.74) is 0.622. The van der Waals surface area contributed by atoms with Crippen molar-refractivity contribution in [3.63, 3.8) is 0 Å². The summed E-state index contributed by atoms with van der Waals surface area (Å²) < 4.78 is 4.84. The van der Waals surface area contributed by atoms with Crippen molar-refractivity contribution in [2.24, 2.45) is 0 Å². The number of thiophene rings is 1. The van der Waals surface area contributed by atoms with Gasteiger partial charge in [0.25, 0.3) is 5.91 Å². The quantitative estimate of drug-likeness (QED) is 0.812. The molecule has 104 valence electrons. The van der Waals surface area contributed by atoms with E-state index in [9.17, 15) is 4.79 Å². The highest BCUT2D eigenvalue weighted by Gasteiger charge is 2.12. The number of nitrogens with one attached hydrogen (secondary N) is 1. The minimum absolute atomic E-state index is 0.192. The molecule has 2 heterocycles. The lowest BCUT2D eigenvalue weighted by atomic mass is 10.2. The lowest BCUT2D eigenvalue weighted by Gasteiger charge is -2.01. The van der Waals surface area contributed by atoms with Crippen LogP contribution in [-0.2, 0) is 6.42 Å². The number of aliphatic hydroxyl groups excluding tert-OH is 1. The minimum Gasteiger partial charge on any atom is -0.384 e. The van der Waals surface area contributed by atoms with Crippen LogP contribution in [0.2, 0.25) is 0 Å². The first-order valence-electron chi connectivity index (χ1n) is 5.95. The van der Waals surface area contributed by atoms with Gasteiger partial charge in [0.1, 0.15) is 11.5 Å². The van der Waals surface area contributed by atoms with Crippen LogP contribution in [0.3, 0.4) is 0 Å². The van der Waals surface area contributed by atoms with Crippen LogP contribution in [0, 0.1) is 18.8 Å². The first-order chi connectivity index (χ1) is 9.70. The molecule has 0 saturated heterocycles. The number of aliphatic hydroxyl groups is 1. The summed E-state index contributed by atoms with van der Waals surface area (Å²) >= 11 is 1.31. The van der Waals surface area contributed by atoms with E-state index in [1.54, 1.807) is 18.4 Å². The molecule has 2 rings (SSSR count). The predicted molar refractivity (Wildman–Crippen MR) is 73.4 cm³/mol. The Balaban J connectivity index is 1.90. The topological polar surface area (TPSA) is 88.2 Å². The average Bonchev–Trinajstić information content (AvgIpc) is 3.05. The highest BCUT2D eigenvalue weighted by molar-refractivity contribution is 7.12. The standard InChI is InChI=1S/C13H13N3O3S/c1-9-15-11(16-19-9)4-6-14-13(18)12-10(3-2-7-17)5-8-20-12/h5,8,17H,4,6-7H2,1H3,(H,14,18). The van der Waals surface area contributed by atoms with E-state index in [1.807, 2.05) is 0 Å². The fourth-order valence-corrected chi connectivity index (χ4v) is 2.29. The van der Waals surface area contributed by atoms with Gasteiger partial charge in [-0.05, 0) is 11.4 Å². The molecule has 1 amide bonds. The molecule has 2 N–H and O–H groups in total. The molecule has 0 spiro atoms. The zero-order valence-electron chi connectivity index (χ0n) is 10.8. The summed E-state index contributed by atoms with van der Waals surface area (Å²) in [5.74, 6) is 6.15. The smallest absolute Gasteiger partial charge is 0.262 e. The number of rotatable bonds is 4. The van der Waals surface area contributed by atoms with Crippen molar-refractivity contribution in [3.8, 4) is 11.8 Å². The Hall–Kier alpha value is -2.17. The number of carbonyl (C=O) groups is 1. The summed E-state index contributed by atoms with van der Waals surface area (Å²) in [6.07, 6.45) is 0.506. The molecule has 0 aliphatic heterocycles. The van der Waals surface area contributed by atoms with Crippen LogP contribution in [0.1, 0.15) is 27.0 Å². The Bertz CT molecular complexity index is 651. The molecule has 2 aromatic heterocycles. The summed E-state index contributed by atoms with van der Waals surface area (Å²) in [6.45, 7) is 1.91. The molecule has 0 bridgehead atoms. The van der Waals surface area contributed by atoms with Crippen LogP contribution in [0.15, 0.2) is 16.0 Å². The van der Waals surface area contributed by atoms with Crippen LogP contribution in [0.4, 0.5) is 0 Å². The van der Waals surface area contributed by atoms with E-state index in [0.29, 0.717) is 35.1 Å². The van der Waals surface area contributed by atoms with Gasteiger partial charge >= 0.3 is 0 Å². The largest absolute Gasteiger partial charge is 0.384 e. The van der Waals surface area contributed by atoms with E-state index < -0.39 is 0 Å². The fraction of sp³-hybridized carbons (Fsp3) is 0.308. The van der Waals surface area contributed by atoms with Gasteiger partial charge in [-0.2, -0.15) is 4.98 Å². The molecule has 0 aliphatic rings. The van der Waals surface area contributed by atoms with Gasteiger partial charge < -0.3 is 14.9 Å². The highest BCUT2D eigenvalue weighted by atomic mass is 32.1. The van der Waals surface area contributed by atoms with Gasteiger partial charge in [0.15, 0.2) is 5.82 Å². The lowest BCUT2D eigenvalue weighted by molar-refractivity contribution is 0.0957. The van der Waals surface area contributed by atoms with Crippen LogP contribution < -0.4 is 5.32 Å². The summed E-state index contributed by atoms with van der Waals surface area (Å²) in [7, 11) is 0. The first-order valence-corrected chi connectivity index (χ1v) is 6.83. The minimum atomic E-state index is -0.228. The highest BCUT2D eigenvalue weighted by Crippen LogP contribution is 2.15. The monoisotopic (exact) mass is 291 g/mol. The normalized spacial score (nSPS) is 9.90. The Kier molecular flexibility index (Phi) is 4.87. The molecule has 0 radical (unpaired) electrons. The van der Waals surface area contributed by atoms with Gasteiger partial charge in [0.05, 0.1) is 0 Å². The molecule has 0 aromatic carbocycles. The van der Waals surface area contributed by atoms with E-state index in [4.69, 9.17) is 9.63 Å². The van der Waals surface area contributed by atoms with Crippen molar-refractivity contribution in [3.05, 3.63) is 33.6 Å². The molecule has 6 nitrogen and oxygen atoms in total. The molecular weight excluding hydrogens is 278 g/mol. The van der Waals surface area contributed by atoms with Crippen molar-refractivity contribution in [1.82, 2.24) is 15.5 Å². The van der Waals surface area contributed by atoms with Gasteiger partial charge in [0.2, 0.25) is 5.89 Å². The van der Waals surface area contributed by atoms with Crippen molar-refractivity contribution in [2.45, 2.75) is 13.3 Å². The summed E-state index contributed by atoms with van der Waals surface area (Å²) in [4.78, 5) is 16.6. The van der Waals surface area contributed by atoms with Gasteiger partial charge in [-0.1, -0.05) is 17.0 Å². The maximum atomic E-state index is 12.0. The van der Waals surface area contributed by atoms with E-state index in [2.05, 4.69) is 27.3 Å². The molecule has 0 atom stereocenters. The predicted octanol–water partition coefficient (Wildman–Crippen LogP) is 0.756. The van der Waals surface area contributed by atoms with Crippen LogP contribution in [-0.4, -0.2) is 34.3 Å². The summed E-state index contributed by atoms with van der Waals surface area (Å²) in [5, 5.41) is 17.0. The Morgan fingerprint density at radius 1 is 1.60 bits per heavy atom. The van der Waals surface area contributed by atoms with E-state index in [1.165, 1.54) is 11.3 Å². The molecule has 2 aromatic rings. The number of hydrogen-bond acceptors (Lipinski definition) is 6. The third kappa shape index (κ3) is 3.66. The van der Waals surface area contributed by atoms with E-state index >= 15 is 0 Å². The third-order valence-electron chi connectivity index (χ3n) is 2.38. The SMILES string of the molecule is Cc1nc(CCNC(=O)c2sccc2C#CCO)no1. The molecule has 0 fully saturated rings. The number of hydrogen-bond donors (Lipinski definition) is 2.